The van der Waals surface area contributed by atoms with Gasteiger partial charge in [-0.25, -0.2) is 14.6 Å². The number of methoxy groups -OCH3 is 1. The molecule has 2 heterocycles. The highest BCUT2D eigenvalue weighted by Gasteiger charge is 2.41. The van der Waals surface area contributed by atoms with Crippen LogP contribution in [0.25, 0.3) is 10.9 Å². The van der Waals surface area contributed by atoms with Crippen molar-refractivity contribution < 1.29 is 38.4 Å². The van der Waals surface area contributed by atoms with E-state index >= 15 is 0 Å². The molecule has 1 amide bonds. The van der Waals surface area contributed by atoms with Gasteiger partial charge >= 0.3 is 18.0 Å². The van der Waals surface area contributed by atoms with Crippen LogP contribution in [-0.4, -0.2) is 66.1 Å². The second-order valence-corrected chi connectivity index (χ2v) is 13.9. The minimum absolute atomic E-state index is 0.199. The van der Waals surface area contributed by atoms with Crippen LogP contribution >= 0.6 is 0 Å². The summed E-state index contributed by atoms with van der Waals surface area (Å²) in [6, 6.07) is 24.0. The monoisotopic (exact) mass is 717 g/mol. The predicted octanol–water partition coefficient (Wildman–Crippen LogP) is 5.60. The number of aromatic nitrogens is 1. The van der Waals surface area contributed by atoms with Crippen LogP contribution in [0.4, 0.5) is 4.79 Å². The maximum absolute atomic E-state index is 12.7. The number of rotatable bonds is 13. The average molecular weight is 718 g/mol. The first-order chi connectivity index (χ1) is 25.9. The molecule has 1 saturated heterocycles. The number of carbonyl (C=O) groups is 3. The molecule has 1 saturated carbocycles. The summed E-state index contributed by atoms with van der Waals surface area (Å²) in [5, 5.41) is 16.5. The van der Waals surface area contributed by atoms with Crippen molar-refractivity contribution in [1.82, 2.24) is 15.6 Å². The highest BCUT2D eigenvalue weighted by atomic mass is 16.6. The van der Waals surface area contributed by atoms with E-state index in [0.29, 0.717) is 61.5 Å². The maximum Gasteiger partial charge on any atom is 0.408 e. The van der Waals surface area contributed by atoms with Crippen molar-refractivity contribution in [1.29, 1.82) is 0 Å². The van der Waals surface area contributed by atoms with Gasteiger partial charge in [0.2, 0.25) is 5.88 Å². The van der Waals surface area contributed by atoms with E-state index in [2.05, 4.69) is 22.5 Å². The van der Waals surface area contributed by atoms with E-state index in [-0.39, 0.29) is 30.0 Å². The number of carbonyl (C=O) groups excluding carboxylic acids is 2. The first kappa shape index (κ1) is 35.8. The van der Waals surface area contributed by atoms with Crippen molar-refractivity contribution >= 4 is 28.9 Å². The van der Waals surface area contributed by atoms with Crippen molar-refractivity contribution in [2.24, 2.45) is 11.8 Å². The number of benzene rings is 3. The van der Waals surface area contributed by atoms with Crippen molar-refractivity contribution in [3.63, 3.8) is 0 Å². The molecule has 7 rings (SSSR count). The molecule has 4 aromatic rings. The molecule has 0 unspecified atom stereocenters. The Morgan fingerprint density at radius 1 is 0.981 bits per heavy atom. The molecule has 5 atom stereocenters. The fraction of sp³-hybridized carbons (Fsp3) is 0.381. The van der Waals surface area contributed by atoms with Gasteiger partial charge in [0.1, 0.15) is 42.2 Å². The Hall–Kier alpha value is -5.60. The minimum Gasteiger partial charge on any atom is -0.487 e. The molecule has 2 aliphatic carbocycles. The molecule has 2 fully saturated rings. The Labute approximate surface area is 308 Å². The first-order valence-electron chi connectivity index (χ1n) is 18.2. The predicted molar refractivity (Wildman–Crippen MR) is 196 cm³/mol. The van der Waals surface area contributed by atoms with Crippen molar-refractivity contribution in [3.8, 4) is 23.5 Å². The zero-order valence-electron chi connectivity index (χ0n) is 29.6. The average Bonchev–Trinajstić information content (AvgIpc) is 3.51. The Kier molecular flexibility index (Phi) is 11.1. The number of pyridine rings is 1. The number of para-hydroxylation sites is 1. The van der Waals surface area contributed by atoms with Crippen molar-refractivity contribution in [2.75, 3.05) is 13.7 Å². The molecule has 11 heteroatoms. The topological polar surface area (TPSA) is 145 Å². The smallest absolute Gasteiger partial charge is 0.408 e. The van der Waals surface area contributed by atoms with Gasteiger partial charge in [-0.05, 0) is 72.8 Å². The van der Waals surface area contributed by atoms with E-state index in [1.165, 1.54) is 7.11 Å². The second-order valence-electron chi connectivity index (χ2n) is 13.9. The van der Waals surface area contributed by atoms with E-state index in [1.807, 2.05) is 78.9 Å². The first-order valence-corrected chi connectivity index (χ1v) is 18.2. The standard InChI is InChI=1S/C42H43N3O8/c1-50-41(48)35-23-31(24-43-35)52-39-33(38(32-17-10-11-19-34(32)44-39)51-25-26-12-4-2-5-13-26)18-7-3-6-16-29-22-36(29)53-42(49)45-37(40(46)47)30-20-27-14-8-9-15-28(27)21-30/h2,4-5,8-15,17,19,29-31,35-37,43H,3,6,16,20-25H2,1H3,(H,45,49)(H,46,47)/t29-,31-,35+,36-,37+/m1/s1. The number of carboxylic acids is 1. The molecule has 3 aromatic carbocycles. The normalized spacial score (nSPS) is 20.8. The molecular weight excluding hydrogens is 674 g/mol. The van der Waals surface area contributed by atoms with Gasteiger partial charge in [-0.3, -0.25) is 4.79 Å². The van der Waals surface area contributed by atoms with Gasteiger partial charge in [-0.15, -0.1) is 0 Å². The number of amides is 1. The lowest BCUT2D eigenvalue weighted by Gasteiger charge is -2.20. The molecule has 0 radical (unpaired) electrons. The molecule has 1 aliphatic heterocycles. The summed E-state index contributed by atoms with van der Waals surface area (Å²) in [4.78, 5) is 41.8. The van der Waals surface area contributed by atoms with Gasteiger partial charge in [-0.2, -0.15) is 0 Å². The number of alkyl carbamates (subject to hydrolysis) is 1. The van der Waals surface area contributed by atoms with Crippen LogP contribution in [-0.2, 0) is 38.5 Å². The second kappa shape index (κ2) is 16.4. The van der Waals surface area contributed by atoms with Crippen LogP contribution < -0.4 is 20.1 Å². The van der Waals surface area contributed by atoms with E-state index in [4.69, 9.17) is 23.9 Å². The highest BCUT2D eigenvalue weighted by molar-refractivity contribution is 5.89. The molecule has 0 bridgehead atoms. The Morgan fingerprint density at radius 2 is 1.72 bits per heavy atom. The summed E-state index contributed by atoms with van der Waals surface area (Å²) in [6.07, 6.45) is 3.31. The van der Waals surface area contributed by atoms with Gasteiger partial charge in [0.25, 0.3) is 0 Å². The van der Waals surface area contributed by atoms with E-state index in [0.717, 1.165) is 41.3 Å². The number of nitrogens with one attached hydrogen (secondary N) is 2. The molecule has 11 nitrogen and oxygen atoms in total. The fourth-order valence-electron chi connectivity index (χ4n) is 7.29. The highest BCUT2D eigenvalue weighted by Crippen LogP contribution is 2.39. The summed E-state index contributed by atoms with van der Waals surface area (Å²) in [5.74, 6) is 6.13. The number of carboxylic acid groups (broad SMARTS) is 1. The molecule has 3 N–H and O–H groups in total. The van der Waals surface area contributed by atoms with Crippen molar-refractivity contribution in [3.05, 3.63) is 101 Å². The molecule has 0 spiro atoms. The number of hydrogen-bond donors (Lipinski definition) is 3. The van der Waals surface area contributed by atoms with Gasteiger partial charge in [0.15, 0.2) is 0 Å². The van der Waals surface area contributed by atoms with Crippen LogP contribution in [0, 0.1) is 23.7 Å². The van der Waals surface area contributed by atoms with Crippen LogP contribution in [0.1, 0.15) is 54.4 Å². The molecule has 1 aromatic heterocycles. The third-order valence-electron chi connectivity index (χ3n) is 10.2. The zero-order chi connectivity index (χ0) is 36.7. The minimum atomic E-state index is -1.06. The Morgan fingerprint density at radius 3 is 2.47 bits per heavy atom. The van der Waals surface area contributed by atoms with Crippen LogP contribution in [0.2, 0.25) is 0 Å². The molecule has 53 heavy (non-hydrogen) atoms. The lowest BCUT2D eigenvalue weighted by Crippen LogP contribution is -2.46. The molecular formula is C42H43N3O8. The Bertz CT molecular complexity index is 2000. The Balaban J connectivity index is 0.985. The lowest BCUT2D eigenvalue weighted by atomic mass is 9.97. The van der Waals surface area contributed by atoms with Gasteiger partial charge in [0, 0.05) is 24.8 Å². The maximum atomic E-state index is 12.7. The van der Waals surface area contributed by atoms with E-state index in [1.54, 1.807) is 0 Å². The van der Waals surface area contributed by atoms with E-state index in [9.17, 15) is 19.5 Å². The number of aliphatic carboxylic acids is 1. The number of ether oxygens (including phenoxy) is 4. The summed E-state index contributed by atoms with van der Waals surface area (Å²) in [5.41, 5.74) is 4.51. The SMILES string of the molecule is COC(=O)[C@@H]1C[C@@H](Oc2nc3ccccc3c(OCc3ccccc3)c2C#CCCC[C@@H]2C[C@H]2OC(=O)N[C@H](C(=O)O)C2Cc3ccccc3C2)CN1. The summed E-state index contributed by atoms with van der Waals surface area (Å²) < 4.78 is 23.4. The molecule has 274 valence electrons. The number of esters is 1. The lowest BCUT2D eigenvalue weighted by molar-refractivity contribution is -0.143. The van der Waals surface area contributed by atoms with Crippen LogP contribution in [0.15, 0.2) is 78.9 Å². The fourth-order valence-corrected chi connectivity index (χ4v) is 7.29. The van der Waals surface area contributed by atoms with Crippen molar-refractivity contribution in [2.45, 2.75) is 75.8 Å². The van der Waals surface area contributed by atoms with E-state index < -0.39 is 24.1 Å². The van der Waals surface area contributed by atoms with Gasteiger partial charge in [-0.1, -0.05) is 78.6 Å². The van der Waals surface area contributed by atoms with Crippen LogP contribution in [0.5, 0.6) is 11.6 Å². The number of unbranched alkanes of at least 4 members (excludes halogenated alkanes) is 1. The third kappa shape index (κ3) is 8.72. The number of hydrogen-bond acceptors (Lipinski definition) is 9. The molecule has 3 aliphatic rings. The summed E-state index contributed by atoms with van der Waals surface area (Å²) >= 11 is 0. The third-order valence-corrected chi connectivity index (χ3v) is 10.2. The number of nitrogens with zero attached hydrogens (tertiary/aromatic N) is 1. The quantitative estimate of drug-likeness (QED) is 0.0908. The number of fused-ring (bicyclic) bond motifs is 2. The summed E-state index contributed by atoms with van der Waals surface area (Å²) in [6.45, 7) is 0.784. The van der Waals surface area contributed by atoms with Gasteiger partial charge < -0.3 is 34.7 Å². The largest absolute Gasteiger partial charge is 0.487 e. The van der Waals surface area contributed by atoms with Gasteiger partial charge in [0.05, 0.1) is 12.6 Å². The summed E-state index contributed by atoms with van der Waals surface area (Å²) in [7, 11) is 1.37. The van der Waals surface area contributed by atoms with Crippen LogP contribution in [0.3, 0.4) is 0 Å². The zero-order valence-corrected chi connectivity index (χ0v) is 29.6.